The van der Waals surface area contributed by atoms with E-state index in [-0.39, 0.29) is 18.1 Å². The van der Waals surface area contributed by atoms with Crippen molar-refractivity contribution in [2.45, 2.75) is 32.0 Å². The van der Waals surface area contributed by atoms with Crippen LogP contribution in [0.2, 0.25) is 0 Å². The van der Waals surface area contributed by atoms with Gasteiger partial charge >= 0.3 is 0 Å². The molecule has 0 amide bonds. The normalized spacial score (nSPS) is 23.2. The van der Waals surface area contributed by atoms with Crippen LogP contribution in [0, 0.1) is 5.92 Å². The van der Waals surface area contributed by atoms with Gasteiger partial charge in [0.1, 0.15) is 23.7 Å². The van der Waals surface area contributed by atoms with Crippen molar-refractivity contribution in [2.24, 2.45) is 5.92 Å². The lowest BCUT2D eigenvalue weighted by molar-refractivity contribution is -0.300. The van der Waals surface area contributed by atoms with Crippen LogP contribution in [-0.2, 0) is 9.78 Å². The van der Waals surface area contributed by atoms with E-state index in [0.717, 1.165) is 35.5 Å². The molecule has 0 spiro atoms. The van der Waals surface area contributed by atoms with Crippen molar-refractivity contribution in [1.29, 1.82) is 0 Å². The van der Waals surface area contributed by atoms with E-state index in [0.29, 0.717) is 0 Å². The van der Waals surface area contributed by atoms with Gasteiger partial charge < -0.3 is 9.47 Å². The second-order valence-corrected chi connectivity index (χ2v) is 6.03. The number of hydrogen-bond donors (Lipinski definition) is 0. The highest BCUT2D eigenvalue weighted by atomic mass is 17.2. The maximum absolute atomic E-state index is 5.73. The summed E-state index contributed by atoms with van der Waals surface area (Å²) in [5.74, 6) is 1.96. The zero-order chi connectivity index (χ0) is 16.9. The Hall–Kier alpha value is -2.04. The molecule has 0 radical (unpaired) electrons. The minimum absolute atomic E-state index is 0.0667. The van der Waals surface area contributed by atoms with Gasteiger partial charge in [-0.3, -0.25) is 0 Å². The number of methoxy groups -OCH3 is 2. The van der Waals surface area contributed by atoms with E-state index in [1.165, 1.54) is 0 Å². The standard InChI is InChI=1S/C20H24O4/c1-4-5-18-19(14-6-10-16(21-2)11-7-14)23-24-20(18)15-8-12-17(22-3)13-9-15/h6-13,18-20H,4-5H2,1-3H3/t18?,19-,20+. The van der Waals surface area contributed by atoms with Gasteiger partial charge in [-0.15, -0.1) is 0 Å². The van der Waals surface area contributed by atoms with Crippen molar-refractivity contribution in [3.05, 3.63) is 59.7 Å². The second kappa shape index (κ2) is 7.69. The number of rotatable bonds is 6. The summed E-state index contributed by atoms with van der Waals surface area (Å²) in [5, 5.41) is 0. The van der Waals surface area contributed by atoms with Crippen LogP contribution in [0.5, 0.6) is 11.5 Å². The second-order valence-electron chi connectivity index (χ2n) is 6.03. The quantitative estimate of drug-likeness (QED) is 0.709. The van der Waals surface area contributed by atoms with Gasteiger partial charge in [0.25, 0.3) is 0 Å². The van der Waals surface area contributed by atoms with Crippen LogP contribution in [0.3, 0.4) is 0 Å². The predicted octanol–water partition coefficient (Wildman–Crippen LogP) is 4.86. The summed E-state index contributed by atoms with van der Waals surface area (Å²) in [5.41, 5.74) is 2.23. The minimum atomic E-state index is -0.0667. The van der Waals surface area contributed by atoms with Gasteiger partial charge in [-0.1, -0.05) is 37.6 Å². The molecule has 24 heavy (non-hydrogen) atoms. The fraction of sp³-hybridized carbons (Fsp3) is 0.400. The number of hydrogen-bond acceptors (Lipinski definition) is 4. The first-order chi connectivity index (χ1) is 11.8. The van der Waals surface area contributed by atoms with Crippen LogP contribution >= 0.6 is 0 Å². The summed E-state index contributed by atoms with van der Waals surface area (Å²) in [6.45, 7) is 2.19. The molecule has 2 aromatic carbocycles. The highest BCUT2D eigenvalue weighted by Gasteiger charge is 2.40. The van der Waals surface area contributed by atoms with Crippen LogP contribution in [0.1, 0.15) is 43.1 Å². The van der Waals surface area contributed by atoms with Crippen molar-refractivity contribution < 1.29 is 19.2 Å². The van der Waals surface area contributed by atoms with Crippen LogP contribution in [-0.4, -0.2) is 14.2 Å². The minimum Gasteiger partial charge on any atom is -0.497 e. The fourth-order valence-electron chi connectivity index (χ4n) is 3.25. The zero-order valence-electron chi connectivity index (χ0n) is 14.4. The summed E-state index contributed by atoms with van der Waals surface area (Å²) >= 11 is 0. The lowest BCUT2D eigenvalue weighted by Gasteiger charge is -2.20. The molecule has 1 aliphatic heterocycles. The van der Waals surface area contributed by atoms with E-state index in [1.54, 1.807) is 14.2 Å². The molecule has 2 aromatic rings. The first-order valence-corrected chi connectivity index (χ1v) is 8.36. The molecule has 1 unspecified atom stereocenters. The Morgan fingerprint density at radius 3 is 1.50 bits per heavy atom. The maximum atomic E-state index is 5.73. The van der Waals surface area contributed by atoms with Gasteiger partial charge in [-0.05, 0) is 41.8 Å². The summed E-state index contributed by atoms with van der Waals surface area (Å²) in [6, 6.07) is 16.0. The van der Waals surface area contributed by atoms with Crippen LogP contribution in [0.25, 0.3) is 0 Å². The Morgan fingerprint density at radius 2 is 1.17 bits per heavy atom. The molecular weight excluding hydrogens is 304 g/mol. The third kappa shape index (κ3) is 3.40. The lowest BCUT2D eigenvalue weighted by atomic mass is 9.85. The maximum Gasteiger partial charge on any atom is 0.124 e. The van der Waals surface area contributed by atoms with Gasteiger partial charge in [0.2, 0.25) is 0 Å². The predicted molar refractivity (Wildman–Crippen MR) is 92.0 cm³/mol. The van der Waals surface area contributed by atoms with Crippen LogP contribution < -0.4 is 9.47 Å². The van der Waals surface area contributed by atoms with Crippen molar-refractivity contribution in [3.63, 3.8) is 0 Å². The molecule has 0 aliphatic carbocycles. The molecule has 0 N–H and O–H groups in total. The highest BCUT2D eigenvalue weighted by Crippen LogP contribution is 2.47. The van der Waals surface area contributed by atoms with E-state index >= 15 is 0 Å². The Labute approximate surface area is 143 Å². The van der Waals surface area contributed by atoms with E-state index < -0.39 is 0 Å². The van der Waals surface area contributed by atoms with E-state index in [2.05, 4.69) is 6.92 Å². The molecule has 4 nitrogen and oxygen atoms in total. The smallest absolute Gasteiger partial charge is 0.124 e. The molecule has 4 heteroatoms. The SMILES string of the molecule is CCCC1[C@@H](c2ccc(OC)cc2)OO[C@H]1c1ccc(OC)cc1. The van der Waals surface area contributed by atoms with Gasteiger partial charge in [0.05, 0.1) is 14.2 Å². The molecule has 1 aliphatic rings. The first kappa shape index (κ1) is 16.8. The van der Waals surface area contributed by atoms with E-state index in [9.17, 15) is 0 Å². The molecule has 0 bridgehead atoms. The monoisotopic (exact) mass is 328 g/mol. The van der Waals surface area contributed by atoms with Crippen molar-refractivity contribution in [1.82, 2.24) is 0 Å². The highest BCUT2D eigenvalue weighted by molar-refractivity contribution is 5.32. The fourth-order valence-corrected chi connectivity index (χ4v) is 3.25. The molecule has 128 valence electrons. The topological polar surface area (TPSA) is 36.9 Å². The largest absolute Gasteiger partial charge is 0.497 e. The Morgan fingerprint density at radius 1 is 0.750 bits per heavy atom. The third-order valence-corrected chi connectivity index (χ3v) is 4.55. The average Bonchev–Trinajstić information content (AvgIpc) is 3.06. The molecule has 3 rings (SSSR count). The molecule has 1 heterocycles. The van der Waals surface area contributed by atoms with Gasteiger partial charge in [-0.25, -0.2) is 9.78 Å². The van der Waals surface area contributed by atoms with E-state index in [1.807, 2.05) is 48.5 Å². The Bertz CT molecular complexity index is 580. The van der Waals surface area contributed by atoms with Crippen molar-refractivity contribution >= 4 is 0 Å². The Balaban J connectivity index is 1.83. The number of ether oxygens (including phenoxy) is 2. The Kier molecular flexibility index (Phi) is 5.38. The van der Waals surface area contributed by atoms with Gasteiger partial charge in [0.15, 0.2) is 0 Å². The van der Waals surface area contributed by atoms with E-state index in [4.69, 9.17) is 19.2 Å². The first-order valence-electron chi connectivity index (χ1n) is 8.36. The zero-order valence-corrected chi connectivity index (χ0v) is 14.4. The summed E-state index contributed by atoms with van der Waals surface area (Å²) in [7, 11) is 3.34. The molecule has 0 saturated carbocycles. The van der Waals surface area contributed by atoms with Crippen LogP contribution in [0.15, 0.2) is 48.5 Å². The van der Waals surface area contributed by atoms with Crippen LogP contribution in [0.4, 0.5) is 0 Å². The lowest BCUT2D eigenvalue weighted by Crippen LogP contribution is -2.13. The molecule has 0 aromatic heterocycles. The number of benzene rings is 2. The van der Waals surface area contributed by atoms with Crippen molar-refractivity contribution in [2.75, 3.05) is 14.2 Å². The summed E-state index contributed by atoms with van der Waals surface area (Å²) in [6.07, 6.45) is 1.98. The molecule has 3 atom stereocenters. The van der Waals surface area contributed by atoms with Crippen molar-refractivity contribution in [3.8, 4) is 11.5 Å². The molecule has 1 saturated heterocycles. The van der Waals surface area contributed by atoms with Gasteiger partial charge in [-0.2, -0.15) is 0 Å². The molecule has 1 fully saturated rings. The third-order valence-electron chi connectivity index (χ3n) is 4.55. The average molecular weight is 328 g/mol. The summed E-state index contributed by atoms with van der Waals surface area (Å²) < 4.78 is 10.5. The molecular formula is C20H24O4. The summed E-state index contributed by atoms with van der Waals surface area (Å²) in [4.78, 5) is 11.5. The van der Waals surface area contributed by atoms with Gasteiger partial charge in [0, 0.05) is 5.92 Å².